The molecule has 1 aromatic heterocycles. The fourth-order valence-corrected chi connectivity index (χ4v) is 1.96. The summed E-state index contributed by atoms with van der Waals surface area (Å²) in [4.78, 5) is 25.6. The van der Waals surface area contributed by atoms with Crippen LogP contribution in [0, 0.1) is 0 Å². The van der Waals surface area contributed by atoms with Crippen LogP contribution >= 0.6 is 11.8 Å². The minimum atomic E-state index is -0.421. The fraction of sp³-hybridized carbons (Fsp3) is 0.455. The third-order valence-corrected chi connectivity index (χ3v) is 3.36. The van der Waals surface area contributed by atoms with Crippen molar-refractivity contribution in [2.45, 2.75) is 18.6 Å². The Morgan fingerprint density at radius 3 is 2.94 bits per heavy atom. The maximum atomic E-state index is 11.5. The molecular formula is C11H16N2O3S. The summed E-state index contributed by atoms with van der Waals surface area (Å²) in [6.45, 7) is 2.04. The Bertz CT molecular complexity index is 365. The van der Waals surface area contributed by atoms with Crippen molar-refractivity contribution in [1.29, 1.82) is 0 Å². The summed E-state index contributed by atoms with van der Waals surface area (Å²) in [6.07, 6.45) is 2.26. The Morgan fingerprint density at radius 1 is 1.59 bits per heavy atom. The van der Waals surface area contributed by atoms with Crippen molar-refractivity contribution in [3.8, 4) is 0 Å². The second-order valence-corrected chi connectivity index (χ2v) is 5.02. The van der Waals surface area contributed by atoms with Gasteiger partial charge in [-0.3, -0.25) is 14.9 Å². The number of H-pyrrole nitrogens is 1. The van der Waals surface area contributed by atoms with E-state index in [-0.39, 0.29) is 23.5 Å². The smallest absolute Gasteiger partial charge is 0.274 e. The molecule has 17 heavy (non-hydrogen) atoms. The van der Waals surface area contributed by atoms with E-state index in [4.69, 9.17) is 5.11 Å². The van der Waals surface area contributed by atoms with Crippen LogP contribution < -0.4 is 5.32 Å². The topological polar surface area (TPSA) is 82.2 Å². The summed E-state index contributed by atoms with van der Waals surface area (Å²) in [5.74, 6) is -0.525. The molecule has 1 unspecified atom stereocenters. The summed E-state index contributed by atoms with van der Waals surface area (Å²) >= 11 is 1.41. The average molecular weight is 256 g/mol. The number of hydrogen-bond donors (Lipinski definition) is 3. The van der Waals surface area contributed by atoms with Crippen LogP contribution in [-0.2, 0) is 4.79 Å². The molecule has 2 amide bonds. The first-order valence-corrected chi connectivity index (χ1v) is 6.38. The molecule has 0 spiro atoms. The molecule has 6 heteroatoms. The minimum absolute atomic E-state index is 0.108. The highest BCUT2D eigenvalue weighted by molar-refractivity contribution is 8.00. The van der Waals surface area contributed by atoms with Gasteiger partial charge in [0, 0.05) is 18.1 Å². The molecule has 0 aliphatic heterocycles. The van der Waals surface area contributed by atoms with Crippen molar-refractivity contribution in [2.24, 2.45) is 0 Å². The van der Waals surface area contributed by atoms with E-state index < -0.39 is 5.91 Å². The van der Waals surface area contributed by atoms with Gasteiger partial charge in [0.15, 0.2) is 0 Å². The van der Waals surface area contributed by atoms with E-state index >= 15 is 0 Å². The molecule has 5 nitrogen and oxygen atoms in total. The van der Waals surface area contributed by atoms with Gasteiger partial charge in [-0.2, -0.15) is 0 Å². The Labute approximate surface area is 104 Å². The van der Waals surface area contributed by atoms with E-state index in [0.29, 0.717) is 12.1 Å². The normalized spacial score (nSPS) is 12.1. The van der Waals surface area contributed by atoms with Crippen molar-refractivity contribution in [1.82, 2.24) is 10.3 Å². The monoisotopic (exact) mass is 256 g/mol. The van der Waals surface area contributed by atoms with Crippen LogP contribution in [0.1, 0.15) is 23.8 Å². The number of aliphatic hydroxyl groups excluding tert-OH is 1. The van der Waals surface area contributed by atoms with Crippen molar-refractivity contribution in [3.63, 3.8) is 0 Å². The predicted octanol–water partition coefficient (Wildman–Crippen LogP) is 0.775. The van der Waals surface area contributed by atoms with E-state index in [9.17, 15) is 9.59 Å². The number of carbonyl (C=O) groups excluding carboxylic acids is 2. The Balaban J connectivity index is 2.28. The lowest BCUT2D eigenvalue weighted by Gasteiger charge is -2.08. The molecule has 3 N–H and O–H groups in total. The molecule has 1 aromatic rings. The summed E-state index contributed by atoms with van der Waals surface area (Å²) in [5.41, 5.74) is 0.367. The predicted molar refractivity (Wildman–Crippen MR) is 66.9 cm³/mol. The van der Waals surface area contributed by atoms with Gasteiger partial charge < -0.3 is 10.1 Å². The number of aromatic amines is 1. The van der Waals surface area contributed by atoms with Crippen molar-refractivity contribution >= 4 is 23.6 Å². The molecule has 0 aliphatic carbocycles. The van der Waals surface area contributed by atoms with Crippen molar-refractivity contribution in [2.75, 3.05) is 12.4 Å². The maximum absolute atomic E-state index is 11.5. The second kappa shape index (κ2) is 7.13. The summed E-state index contributed by atoms with van der Waals surface area (Å²) in [5, 5.41) is 11.2. The number of nitrogens with one attached hydrogen (secondary N) is 2. The molecule has 0 fully saturated rings. The molecule has 0 saturated carbocycles. The Morgan fingerprint density at radius 2 is 2.35 bits per heavy atom. The third kappa shape index (κ3) is 5.06. The SMILES string of the molecule is CC(CCO)SCC(=O)NC(=O)c1ccc[nH]1. The zero-order valence-corrected chi connectivity index (χ0v) is 10.4. The van der Waals surface area contributed by atoms with Gasteiger partial charge in [-0.25, -0.2) is 0 Å². The Hall–Kier alpha value is -1.27. The maximum Gasteiger partial charge on any atom is 0.274 e. The molecule has 0 saturated heterocycles. The van der Waals surface area contributed by atoms with E-state index in [1.54, 1.807) is 18.3 Å². The van der Waals surface area contributed by atoms with Crippen LogP contribution in [0.25, 0.3) is 0 Å². The lowest BCUT2D eigenvalue weighted by atomic mass is 10.3. The first-order valence-electron chi connectivity index (χ1n) is 5.33. The Kier molecular flexibility index (Phi) is 5.79. The largest absolute Gasteiger partial charge is 0.396 e. The van der Waals surface area contributed by atoms with Gasteiger partial charge in [0.2, 0.25) is 5.91 Å². The number of amides is 2. The van der Waals surface area contributed by atoms with E-state index in [0.717, 1.165) is 0 Å². The zero-order chi connectivity index (χ0) is 12.7. The second-order valence-electron chi connectivity index (χ2n) is 3.59. The van der Waals surface area contributed by atoms with Crippen LogP contribution in [0.2, 0.25) is 0 Å². The molecule has 1 atom stereocenters. The number of aliphatic hydroxyl groups is 1. The summed E-state index contributed by atoms with van der Waals surface area (Å²) in [7, 11) is 0. The highest BCUT2D eigenvalue weighted by Gasteiger charge is 2.12. The first kappa shape index (κ1) is 13.8. The quantitative estimate of drug-likeness (QED) is 0.702. The van der Waals surface area contributed by atoms with Gasteiger partial charge in [0.1, 0.15) is 5.69 Å². The molecule has 0 aliphatic rings. The average Bonchev–Trinajstić information content (AvgIpc) is 2.80. The molecule has 1 rings (SSSR count). The van der Waals surface area contributed by atoms with Crippen LogP contribution in [0.5, 0.6) is 0 Å². The van der Waals surface area contributed by atoms with Gasteiger partial charge in [-0.1, -0.05) is 6.92 Å². The standard InChI is InChI=1S/C11H16N2O3S/c1-8(4-6-14)17-7-10(15)13-11(16)9-3-2-5-12-9/h2-3,5,8,12,14H,4,6-7H2,1H3,(H,13,15,16). The van der Waals surface area contributed by atoms with Crippen LogP contribution in [0.15, 0.2) is 18.3 Å². The van der Waals surface area contributed by atoms with Crippen LogP contribution in [0.4, 0.5) is 0 Å². The molecule has 1 heterocycles. The van der Waals surface area contributed by atoms with Gasteiger partial charge in [-0.15, -0.1) is 11.8 Å². The van der Waals surface area contributed by atoms with E-state index in [2.05, 4.69) is 10.3 Å². The number of aromatic nitrogens is 1. The van der Waals surface area contributed by atoms with E-state index in [1.165, 1.54) is 11.8 Å². The highest BCUT2D eigenvalue weighted by atomic mass is 32.2. The lowest BCUT2D eigenvalue weighted by Crippen LogP contribution is -2.32. The van der Waals surface area contributed by atoms with Gasteiger partial charge in [0.25, 0.3) is 5.91 Å². The molecule has 94 valence electrons. The number of imide groups is 1. The van der Waals surface area contributed by atoms with E-state index in [1.807, 2.05) is 6.92 Å². The van der Waals surface area contributed by atoms with Crippen molar-refractivity contribution < 1.29 is 14.7 Å². The first-order chi connectivity index (χ1) is 8.13. The summed E-state index contributed by atoms with van der Waals surface area (Å²) < 4.78 is 0. The molecule has 0 bridgehead atoms. The van der Waals surface area contributed by atoms with Gasteiger partial charge in [0.05, 0.1) is 5.75 Å². The number of rotatable bonds is 6. The molecule has 0 radical (unpaired) electrons. The fourth-order valence-electron chi connectivity index (χ4n) is 1.18. The number of hydrogen-bond acceptors (Lipinski definition) is 4. The number of carbonyl (C=O) groups is 2. The highest BCUT2D eigenvalue weighted by Crippen LogP contribution is 2.12. The summed E-state index contributed by atoms with van der Waals surface area (Å²) in [6, 6.07) is 3.29. The molecular weight excluding hydrogens is 240 g/mol. The lowest BCUT2D eigenvalue weighted by molar-refractivity contribution is -0.117. The van der Waals surface area contributed by atoms with Crippen LogP contribution in [0.3, 0.4) is 0 Å². The van der Waals surface area contributed by atoms with Crippen LogP contribution in [-0.4, -0.2) is 39.5 Å². The number of thioether (sulfide) groups is 1. The molecule has 0 aromatic carbocycles. The zero-order valence-electron chi connectivity index (χ0n) is 9.60. The third-order valence-electron chi connectivity index (χ3n) is 2.13. The van der Waals surface area contributed by atoms with Gasteiger partial charge >= 0.3 is 0 Å². The van der Waals surface area contributed by atoms with Crippen molar-refractivity contribution in [3.05, 3.63) is 24.0 Å². The van der Waals surface area contributed by atoms with Gasteiger partial charge in [-0.05, 0) is 18.6 Å². The minimum Gasteiger partial charge on any atom is -0.396 e.